The molecular weight excluding hydrogens is 522 g/mol. The molecule has 0 saturated carbocycles. The molecule has 3 aromatic carbocycles. The number of aryl methyl sites for hydroxylation is 1. The van der Waals surface area contributed by atoms with Crippen molar-refractivity contribution in [3.63, 3.8) is 0 Å². The van der Waals surface area contributed by atoms with Gasteiger partial charge in [0.2, 0.25) is 0 Å². The summed E-state index contributed by atoms with van der Waals surface area (Å²) in [6, 6.07) is 19.7. The molecule has 1 aromatic heterocycles. The number of benzene rings is 3. The van der Waals surface area contributed by atoms with E-state index < -0.39 is 15.9 Å². The number of carbonyl (C=O) groups excluding carboxylic acids is 2. The highest BCUT2D eigenvalue weighted by molar-refractivity contribution is 7.92. The van der Waals surface area contributed by atoms with E-state index in [1.165, 1.54) is 25.2 Å². The van der Waals surface area contributed by atoms with Gasteiger partial charge in [0.05, 0.1) is 22.3 Å². The molecule has 1 unspecified atom stereocenters. The Morgan fingerprint density at radius 2 is 1.74 bits per heavy atom. The molecule has 4 rings (SSSR count). The lowest BCUT2D eigenvalue weighted by atomic mass is 10.1. The molecule has 39 heavy (non-hydrogen) atoms. The average molecular weight is 552 g/mol. The highest BCUT2D eigenvalue weighted by Crippen LogP contribution is 2.30. The number of fused-ring (bicyclic) bond motifs is 1. The van der Waals surface area contributed by atoms with Crippen LogP contribution in [0.1, 0.15) is 39.8 Å². The molecular formula is C28H29N3O7S. The van der Waals surface area contributed by atoms with E-state index in [9.17, 15) is 18.0 Å². The van der Waals surface area contributed by atoms with Gasteiger partial charge in [-0.2, -0.15) is 0 Å². The van der Waals surface area contributed by atoms with Crippen LogP contribution in [0.15, 0.2) is 82.1 Å². The van der Waals surface area contributed by atoms with E-state index in [-0.39, 0.29) is 33.9 Å². The zero-order valence-corrected chi connectivity index (χ0v) is 22.5. The van der Waals surface area contributed by atoms with E-state index in [0.717, 1.165) is 9.69 Å². The minimum absolute atomic E-state index is 0.00158. The molecule has 0 aliphatic rings. The van der Waals surface area contributed by atoms with Crippen LogP contribution < -0.4 is 19.8 Å². The van der Waals surface area contributed by atoms with Gasteiger partial charge in [0, 0.05) is 25.4 Å². The SMILES string of the molecule is Cc1cccc(C(=O)NO)c1N(C)S(=O)(=O)c1ccc(OC(C)CCNC(=O)c2cc3ccccc3o2)cc1. The van der Waals surface area contributed by atoms with Crippen LogP contribution in [0.4, 0.5) is 5.69 Å². The van der Waals surface area contributed by atoms with E-state index in [2.05, 4.69) is 5.32 Å². The number of carbonyl (C=O) groups is 2. The van der Waals surface area contributed by atoms with Crippen LogP contribution in [0.25, 0.3) is 11.0 Å². The number of furan rings is 1. The molecule has 1 atom stereocenters. The highest BCUT2D eigenvalue weighted by Gasteiger charge is 2.26. The number of amides is 2. The van der Waals surface area contributed by atoms with Gasteiger partial charge in [-0.15, -0.1) is 0 Å². The lowest BCUT2D eigenvalue weighted by Crippen LogP contribution is -2.30. The molecule has 0 fully saturated rings. The standard InChI is InChI=1S/C28H29N3O7S/c1-18-7-6-9-23(27(32)30-34)26(18)31(3)39(35,36)22-13-11-21(12-14-22)37-19(2)15-16-29-28(33)25-17-20-8-4-5-10-24(20)38-25/h4-14,17,19,34H,15-16H2,1-3H3,(H,29,33)(H,30,32). The number of rotatable bonds is 10. The lowest BCUT2D eigenvalue weighted by Gasteiger charge is -2.24. The molecule has 11 heteroatoms. The Morgan fingerprint density at radius 3 is 2.44 bits per heavy atom. The normalized spacial score (nSPS) is 12.1. The molecule has 10 nitrogen and oxygen atoms in total. The maximum absolute atomic E-state index is 13.3. The summed E-state index contributed by atoms with van der Waals surface area (Å²) in [4.78, 5) is 24.5. The van der Waals surface area contributed by atoms with E-state index in [4.69, 9.17) is 14.4 Å². The number of sulfonamides is 1. The predicted molar refractivity (Wildman–Crippen MR) is 146 cm³/mol. The van der Waals surface area contributed by atoms with Gasteiger partial charge >= 0.3 is 0 Å². The summed E-state index contributed by atoms with van der Waals surface area (Å²) >= 11 is 0. The van der Waals surface area contributed by atoms with Gasteiger partial charge in [-0.1, -0.05) is 30.3 Å². The van der Waals surface area contributed by atoms with Gasteiger partial charge in [-0.05, 0) is 61.9 Å². The van der Waals surface area contributed by atoms with Crippen LogP contribution in [0.5, 0.6) is 5.75 Å². The molecule has 0 aliphatic carbocycles. The van der Waals surface area contributed by atoms with Crippen LogP contribution >= 0.6 is 0 Å². The fourth-order valence-electron chi connectivity index (χ4n) is 4.15. The Hall–Kier alpha value is -4.35. The Bertz CT molecular complexity index is 1560. The van der Waals surface area contributed by atoms with Gasteiger partial charge < -0.3 is 14.5 Å². The molecule has 0 bridgehead atoms. The zero-order chi connectivity index (χ0) is 28.2. The first-order chi connectivity index (χ1) is 18.6. The van der Waals surface area contributed by atoms with Crippen LogP contribution in [0.3, 0.4) is 0 Å². The van der Waals surface area contributed by atoms with Crippen LogP contribution in [0.2, 0.25) is 0 Å². The van der Waals surface area contributed by atoms with Crippen molar-refractivity contribution in [3.05, 3.63) is 89.7 Å². The molecule has 204 valence electrons. The first kappa shape index (κ1) is 27.7. The summed E-state index contributed by atoms with van der Waals surface area (Å²) in [6.07, 6.45) is 0.246. The quantitative estimate of drug-likeness (QED) is 0.198. The number of para-hydroxylation sites is 2. The van der Waals surface area contributed by atoms with Crippen molar-refractivity contribution in [2.45, 2.75) is 31.3 Å². The summed E-state index contributed by atoms with van der Waals surface area (Å²) in [5.74, 6) is -0.432. The lowest BCUT2D eigenvalue weighted by molar-refractivity contribution is 0.0707. The number of nitrogens with one attached hydrogen (secondary N) is 2. The number of anilines is 1. The summed E-state index contributed by atoms with van der Waals surface area (Å²) in [7, 11) is -2.68. The van der Waals surface area contributed by atoms with Crippen molar-refractivity contribution < 1.29 is 32.4 Å². The minimum atomic E-state index is -4.02. The second-order valence-electron chi connectivity index (χ2n) is 8.98. The first-order valence-corrected chi connectivity index (χ1v) is 13.6. The fourth-order valence-corrected chi connectivity index (χ4v) is 5.43. The molecule has 0 spiro atoms. The van der Waals surface area contributed by atoms with E-state index >= 15 is 0 Å². The van der Waals surface area contributed by atoms with Gasteiger partial charge in [-0.3, -0.25) is 19.1 Å². The molecule has 0 aliphatic heterocycles. The largest absolute Gasteiger partial charge is 0.491 e. The van der Waals surface area contributed by atoms with Crippen molar-refractivity contribution in [1.29, 1.82) is 0 Å². The van der Waals surface area contributed by atoms with E-state index in [1.807, 2.05) is 25.1 Å². The van der Waals surface area contributed by atoms with Crippen molar-refractivity contribution in [2.24, 2.45) is 0 Å². The van der Waals surface area contributed by atoms with Gasteiger partial charge in [0.25, 0.3) is 21.8 Å². The molecule has 2 amide bonds. The number of nitrogens with zero attached hydrogens (tertiary/aromatic N) is 1. The third-order valence-corrected chi connectivity index (χ3v) is 7.98. The molecule has 1 heterocycles. The Balaban J connectivity index is 1.36. The highest BCUT2D eigenvalue weighted by atomic mass is 32.2. The number of hydroxylamine groups is 1. The van der Waals surface area contributed by atoms with Crippen LogP contribution in [-0.4, -0.2) is 45.1 Å². The first-order valence-electron chi connectivity index (χ1n) is 12.2. The van der Waals surface area contributed by atoms with E-state index in [0.29, 0.717) is 29.9 Å². The van der Waals surface area contributed by atoms with Gasteiger partial charge in [0.1, 0.15) is 11.3 Å². The minimum Gasteiger partial charge on any atom is -0.491 e. The fraction of sp³-hybridized carbons (Fsp3) is 0.214. The molecule has 4 aromatic rings. The maximum atomic E-state index is 13.3. The number of hydrogen-bond acceptors (Lipinski definition) is 7. The Labute approximate surface area is 226 Å². The van der Waals surface area contributed by atoms with Crippen LogP contribution in [0, 0.1) is 6.92 Å². The maximum Gasteiger partial charge on any atom is 0.287 e. The van der Waals surface area contributed by atoms with Crippen molar-refractivity contribution in [3.8, 4) is 5.75 Å². The average Bonchev–Trinajstić information content (AvgIpc) is 3.37. The molecule has 0 saturated heterocycles. The third kappa shape index (κ3) is 6.05. The Kier molecular flexibility index (Phi) is 8.22. The monoisotopic (exact) mass is 551 g/mol. The van der Waals surface area contributed by atoms with Gasteiger partial charge in [-0.25, -0.2) is 13.9 Å². The van der Waals surface area contributed by atoms with Crippen molar-refractivity contribution in [2.75, 3.05) is 17.9 Å². The summed E-state index contributed by atoms with van der Waals surface area (Å²) in [5.41, 5.74) is 2.91. The summed E-state index contributed by atoms with van der Waals surface area (Å²) < 4.78 is 39.1. The van der Waals surface area contributed by atoms with Crippen LogP contribution in [-0.2, 0) is 10.0 Å². The third-order valence-electron chi connectivity index (χ3n) is 6.20. The second kappa shape index (κ2) is 11.6. The van der Waals surface area contributed by atoms with Gasteiger partial charge in [0.15, 0.2) is 5.76 Å². The predicted octanol–water partition coefficient (Wildman–Crippen LogP) is 4.27. The summed E-state index contributed by atoms with van der Waals surface area (Å²) in [6.45, 7) is 3.87. The smallest absolute Gasteiger partial charge is 0.287 e. The topological polar surface area (TPSA) is 138 Å². The zero-order valence-electron chi connectivity index (χ0n) is 21.7. The number of ether oxygens (including phenoxy) is 1. The molecule has 0 radical (unpaired) electrons. The van der Waals surface area contributed by atoms with Crippen molar-refractivity contribution in [1.82, 2.24) is 10.8 Å². The second-order valence-corrected chi connectivity index (χ2v) is 10.9. The Morgan fingerprint density at radius 1 is 1.03 bits per heavy atom. The molecule has 3 N–H and O–H groups in total. The summed E-state index contributed by atoms with van der Waals surface area (Å²) in [5, 5.41) is 12.7. The van der Waals surface area contributed by atoms with Crippen molar-refractivity contribution >= 4 is 38.5 Å². The van der Waals surface area contributed by atoms with E-state index in [1.54, 1.807) is 48.8 Å². The number of hydrogen-bond donors (Lipinski definition) is 3.